The van der Waals surface area contributed by atoms with E-state index in [-0.39, 0.29) is 10.8 Å². The molecule has 0 amide bonds. The van der Waals surface area contributed by atoms with Crippen LogP contribution < -0.4 is 9.64 Å². The van der Waals surface area contributed by atoms with Crippen LogP contribution in [0.1, 0.15) is 72.2 Å². The first-order chi connectivity index (χ1) is 32.7. The predicted molar refractivity (Wildman–Crippen MR) is 278 cm³/mol. The molecule has 10 aromatic rings. The summed E-state index contributed by atoms with van der Waals surface area (Å²) in [7, 11) is 0. The molecule has 67 heavy (non-hydrogen) atoms. The van der Waals surface area contributed by atoms with Crippen molar-refractivity contribution in [1.82, 2.24) is 0 Å². The third-order valence-electron chi connectivity index (χ3n) is 15.4. The normalized spacial score (nSPS) is 16.5. The van der Waals surface area contributed by atoms with Crippen molar-refractivity contribution in [3.05, 3.63) is 269 Å². The Bertz CT molecular complexity index is 3600. The van der Waals surface area contributed by atoms with Crippen LogP contribution in [0, 0.1) is 0 Å². The SMILES string of the molecule is CC1(C)c2ccccc2-c2ccc(N(c3ccc(-c4ccccc4)cc3)c3ccc(-c4ccc5c(c4)C4(c6ccccc6Oc6c4ccc4ccccc64)c4ccccc4C5(C)C)cc3)cc21. The van der Waals surface area contributed by atoms with E-state index < -0.39 is 5.41 Å². The lowest BCUT2D eigenvalue weighted by molar-refractivity contribution is 0.430. The Morgan fingerprint density at radius 2 is 0.851 bits per heavy atom. The molecule has 3 aliphatic rings. The summed E-state index contributed by atoms with van der Waals surface area (Å²) in [5.41, 5.74) is 20.1. The minimum Gasteiger partial charge on any atom is -0.456 e. The topological polar surface area (TPSA) is 12.5 Å². The van der Waals surface area contributed by atoms with Crippen molar-refractivity contribution in [1.29, 1.82) is 0 Å². The molecule has 0 aromatic heterocycles. The lowest BCUT2D eigenvalue weighted by Crippen LogP contribution is -2.43. The molecule has 1 unspecified atom stereocenters. The van der Waals surface area contributed by atoms with E-state index in [1.165, 1.54) is 83.3 Å². The quantitative estimate of drug-likeness (QED) is 0.171. The number of benzene rings is 10. The van der Waals surface area contributed by atoms with Gasteiger partial charge in [0.1, 0.15) is 11.5 Å². The molecule has 0 radical (unpaired) electrons. The largest absolute Gasteiger partial charge is 0.456 e. The second kappa shape index (κ2) is 14.5. The molecule has 0 bridgehead atoms. The summed E-state index contributed by atoms with van der Waals surface area (Å²) in [4.78, 5) is 2.42. The van der Waals surface area contributed by atoms with Crippen molar-refractivity contribution in [3.8, 4) is 44.9 Å². The number of nitrogens with zero attached hydrogens (tertiary/aromatic N) is 1. The molecular formula is C65H49NO. The standard InChI is InChI=1S/C65H49NO/c1-63(2)53-21-11-10-20-51(53)52-37-36-49(41-59(52)63)66(47-32-26-43(27-33-47)42-16-6-5-7-17-42)48-34-28-44(29-35-48)46-31-38-55-60(40-46)65(56-23-13-12-22-54(56)64(55,3)4)57-24-14-15-25-61(57)67-62-50-19-9-8-18-45(50)30-39-58(62)65/h5-41H,1-4H3. The van der Waals surface area contributed by atoms with E-state index in [9.17, 15) is 0 Å². The smallest absolute Gasteiger partial charge is 0.140 e. The number of rotatable bonds is 5. The summed E-state index contributed by atoms with van der Waals surface area (Å²) < 4.78 is 7.00. The van der Waals surface area contributed by atoms with E-state index in [1.807, 2.05) is 0 Å². The van der Waals surface area contributed by atoms with Crippen molar-refractivity contribution in [2.75, 3.05) is 4.90 Å². The Morgan fingerprint density at radius 3 is 1.61 bits per heavy atom. The van der Waals surface area contributed by atoms with Gasteiger partial charge in [0.25, 0.3) is 0 Å². The van der Waals surface area contributed by atoms with Crippen LogP contribution in [-0.4, -0.2) is 0 Å². The molecule has 2 heteroatoms. The first kappa shape index (κ1) is 39.4. The summed E-state index contributed by atoms with van der Waals surface area (Å²) in [6.45, 7) is 9.49. The van der Waals surface area contributed by atoms with Gasteiger partial charge < -0.3 is 9.64 Å². The van der Waals surface area contributed by atoms with Gasteiger partial charge in [-0.2, -0.15) is 0 Å². The van der Waals surface area contributed by atoms with Gasteiger partial charge in [-0.3, -0.25) is 0 Å². The van der Waals surface area contributed by atoms with Crippen LogP contribution in [0.25, 0.3) is 44.2 Å². The molecule has 10 aromatic carbocycles. The van der Waals surface area contributed by atoms with Crippen LogP contribution >= 0.6 is 0 Å². The first-order valence-corrected chi connectivity index (χ1v) is 23.6. The molecule has 0 saturated carbocycles. The molecular weight excluding hydrogens is 811 g/mol. The molecule has 1 atom stereocenters. The van der Waals surface area contributed by atoms with Crippen molar-refractivity contribution in [2.24, 2.45) is 0 Å². The Hall–Kier alpha value is -7.94. The molecule has 1 spiro atoms. The molecule has 2 nitrogen and oxygen atoms in total. The highest BCUT2D eigenvalue weighted by Crippen LogP contribution is 2.63. The number of hydrogen-bond acceptors (Lipinski definition) is 2. The average molecular weight is 860 g/mol. The fraction of sp³-hybridized carbons (Fsp3) is 0.108. The number of anilines is 3. The summed E-state index contributed by atoms with van der Waals surface area (Å²) in [5, 5.41) is 2.30. The van der Waals surface area contributed by atoms with Gasteiger partial charge in [-0.25, -0.2) is 0 Å². The second-order valence-corrected chi connectivity index (χ2v) is 19.6. The minimum absolute atomic E-state index is 0.119. The van der Waals surface area contributed by atoms with Gasteiger partial charge in [0.05, 0.1) is 5.41 Å². The molecule has 1 aliphatic heterocycles. The van der Waals surface area contributed by atoms with Crippen molar-refractivity contribution in [3.63, 3.8) is 0 Å². The summed E-state index contributed by atoms with van der Waals surface area (Å²) in [6.07, 6.45) is 0. The van der Waals surface area contributed by atoms with Gasteiger partial charge in [-0.05, 0) is 121 Å². The Balaban J connectivity index is 0.975. The molecule has 13 rings (SSSR count). The van der Waals surface area contributed by atoms with Gasteiger partial charge in [0.15, 0.2) is 0 Å². The molecule has 0 fully saturated rings. The van der Waals surface area contributed by atoms with E-state index in [2.05, 4.69) is 257 Å². The lowest BCUT2D eigenvalue weighted by Gasteiger charge is -2.50. The highest BCUT2D eigenvalue weighted by molar-refractivity contribution is 5.94. The highest BCUT2D eigenvalue weighted by Gasteiger charge is 2.53. The van der Waals surface area contributed by atoms with Crippen LogP contribution in [-0.2, 0) is 16.2 Å². The first-order valence-electron chi connectivity index (χ1n) is 23.6. The van der Waals surface area contributed by atoms with E-state index in [0.717, 1.165) is 33.9 Å². The van der Waals surface area contributed by atoms with Crippen LogP contribution in [0.3, 0.4) is 0 Å². The van der Waals surface area contributed by atoms with Crippen LogP contribution in [0.15, 0.2) is 224 Å². The predicted octanol–water partition coefficient (Wildman–Crippen LogP) is 17.1. The maximum atomic E-state index is 7.00. The van der Waals surface area contributed by atoms with E-state index in [0.29, 0.717) is 0 Å². The maximum Gasteiger partial charge on any atom is 0.140 e. The number of para-hydroxylation sites is 1. The zero-order chi connectivity index (χ0) is 45.1. The Kier molecular flexibility index (Phi) is 8.55. The minimum atomic E-state index is -0.616. The summed E-state index contributed by atoms with van der Waals surface area (Å²) >= 11 is 0. The van der Waals surface area contributed by atoms with Gasteiger partial charge in [-0.15, -0.1) is 0 Å². The third kappa shape index (κ3) is 5.69. The van der Waals surface area contributed by atoms with Crippen LogP contribution in [0.4, 0.5) is 17.1 Å². The van der Waals surface area contributed by atoms with E-state index in [1.54, 1.807) is 0 Å². The van der Waals surface area contributed by atoms with Gasteiger partial charge in [0, 0.05) is 44.4 Å². The number of ether oxygens (including phenoxy) is 1. The van der Waals surface area contributed by atoms with Crippen molar-refractivity contribution >= 4 is 27.8 Å². The average Bonchev–Trinajstić information content (AvgIpc) is 3.61. The third-order valence-corrected chi connectivity index (χ3v) is 15.4. The van der Waals surface area contributed by atoms with Crippen LogP contribution in [0.2, 0.25) is 0 Å². The van der Waals surface area contributed by atoms with Crippen molar-refractivity contribution in [2.45, 2.75) is 43.9 Å². The Morgan fingerprint density at radius 1 is 0.328 bits per heavy atom. The summed E-state index contributed by atoms with van der Waals surface area (Å²) in [5.74, 6) is 1.83. The molecule has 0 saturated heterocycles. The monoisotopic (exact) mass is 859 g/mol. The maximum absolute atomic E-state index is 7.00. The van der Waals surface area contributed by atoms with Crippen molar-refractivity contribution < 1.29 is 4.74 Å². The fourth-order valence-electron chi connectivity index (χ4n) is 12.1. The molecule has 1 heterocycles. The van der Waals surface area contributed by atoms with E-state index in [4.69, 9.17) is 4.74 Å². The lowest BCUT2D eigenvalue weighted by atomic mass is 9.53. The van der Waals surface area contributed by atoms with Crippen LogP contribution in [0.5, 0.6) is 11.5 Å². The number of fused-ring (bicyclic) bond motifs is 13. The van der Waals surface area contributed by atoms with Gasteiger partial charge in [0.2, 0.25) is 0 Å². The van der Waals surface area contributed by atoms with Gasteiger partial charge in [-0.1, -0.05) is 204 Å². The zero-order valence-corrected chi connectivity index (χ0v) is 38.2. The zero-order valence-electron chi connectivity index (χ0n) is 38.2. The van der Waals surface area contributed by atoms with Gasteiger partial charge >= 0.3 is 0 Å². The highest BCUT2D eigenvalue weighted by atomic mass is 16.5. The molecule has 0 N–H and O–H groups in total. The Labute approximate surface area is 393 Å². The summed E-state index contributed by atoms with van der Waals surface area (Å²) in [6, 6.07) is 83.1. The molecule has 320 valence electrons. The second-order valence-electron chi connectivity index (χ2n) is 19.6. The fourth-order valence-corrected chi connectivity index (χ4v) is 12.1. The van der Waals surface area contributed by atoms with E-state index >= 15 is 0 Å². The number of hydrogen-bond donors (Lipinski definition) is 0. The molecule has 2 aliphatic carbocycles.